The number of non-ortho nitro benzene ring substituents is 1. The maximum Gasteiger partial charge on any atom is 0.270 e. The van der Waals surface area contributed by atoms with Crippen molar-refractivity contribution >= 4 is 38.9 Å². The lowest BCUT2D eigenvalue weighted by atomic mass is 10.2. The number of nitro benzene ring substituents is 1. The van der Waals surface area contributed by atoms with E-state index in [4.69, 9.17) is 11.6 Å². The quantitative estimate of drug-likeness (QED) is 0.535. The number of amides is 1. The summed E-state index contributed by atoms with van der Waals surface area (Å²) in [5, 5.41) is 13.8. The van der Waals surface area contributed by atoms with Gasteiger partial charge in [0.1, 0.15) is 0 Å². The molecule has 0 aliphatic rings. The van der Waals surface area contributed by atoms with Crippen LogP contribution in [0.2, 0.25) is 5.02 Å². The number of carbonyl (C=O) groups excluding carboxylic acids is 1. The van der Waals surface area contributed by atoms with E-state index in [0.717, 1.165) is 11.6 Å². The molecular weight excluding hydrogens is 394 g/mol. The lowest BCUT2D eigenvalue weighted by molar-refractivity contribution is -0.385. The van der Waals surface area contributed by atoms with Crippen LogP contribution in [0.5, 0.6) is 0 Å². The number of rotatable bonds is 7. The molecule has 2 aromatic carbocycles. The van der Waals surface area contributed by atoms with E-state index in [1.165, 1.54) is 19.1 Å². The first-order valence-electron chi connectivity index (χ1n) is 7.91. The Morgan fingerprint density at radius 3 is 2.52 bits per heavy atom. The zero-order valence-electron chi connectivity index (χ0n) is 14.7. The van der Waals surface area contributed by atoms with Gasteiger partial charge in [-0.05, 0) is 37.1 Å². The average molecular weight is 412 g/mol. The molecule has 1 amide bonds. The second-order valence-electron chi connectivity index (χ2n) is 5.89. The third-order valence-electron chi connectivity index (χ3n) is 3.71. The van der Waals surface area contributed by atoms with Gasteiger partial charge in [-0.2, -0.15) is 0 Å². The molecule has 10 heteroatoms. The Bertz CT molecular complexity index is 992. The fraction of sp³-hybridized carbons (Fsp3) is 0.235. The minimum absolute atomic E-state index is 0.128. The van der Waals surface area contributed by atoms with Crippen molar-refractivity contribution in [1.29, 1.82) is 0 Å². The number of benzene rings is 2. The van der Waals surface area contributed by atoms with Crippen molar-refractivity contribution in [3.63, 3.8) is 0 Å². The Morgan fingerprint density at radius 1 is 1.19 bits per heavy atom. The fourth-order valence-electron chi connectivity index (χ4n) is 2.30. The van der Waals surface area contributed by atoms with Gasteiger partial charge in [0, 0.05) is 25.1 Å². The molecule has 0 aromatic heterocycles. The first-order chi connectivity index (χ1) is 12.6. The van der Waals surface area contributed by atoms with Crippen LogP contribution in [-0.4, -0.2) is 25.8 Å². The van der Waals surface area contributed by atoms with Gasteiger partial charge < -0.3 is 5.32 Å². The Kier molecular flexibility index (Phi) is 6.53. The van der Waals surface area contributed by atoms with Gasteiger partial charge in [0.2, 0.25) is 15.9 Å². The van der Waals surface area contributed by atoms with E-state index < -0.39 is 20.9 Å². The molecular formula is C17H18ClN3O5S. The minimum atomic E-state index is -3.99. The SMILES string of the molecule is Cc1ccc(NC(=O)CCNS(=O)(=O)c2cc([N+](=O)[O-])ccc2C)c(Cl)c1. The molecule has 0 radical (unpaired) electrons. The van der Waals surface area contributed by atoms with Crippen LogP contribution in [0.4, 0.5) is 11.4 Å². The standard InChI is InChI=1S/C17H18ClN3O5S/c1-11-3-6-15(14(18)9-11)20-17(22)7-8-19-27(25,26)16-10-13(21(23)24)5-4-12(16)2/h3-6,9-10,19H,7-8H2,1-2H3,(H,20,22). The predicted octanol–water partition coefficient (Wildman–Crippen LogP) is 3.17. The highest BCUT2D eigenvalue weighted by Crippen LogP contribution is 2.23. The maximum absolute atomic E-state index is 12.4. The maximum atomic E-state index is 12.4. The summed E-state index contributed by atoms with van der Waals surface area (Å²) >= 11 is 6.04. The molecule has 0 aliphatic carbocycles. The molecule has 0 heterocycles. The fourth-order valence-corrected chi connectivity index (χ4v) is 3.88. The summed E-state index contributed by atoms with van der Waals surface area (Å²) < 4.78 is 27.0. The third-order valence-corrected chi connectivity index (χ3v) is 5.63. The summed E-state index contributed by atoms with van der Waals surface area (Å²) in [6.07, 6.45) is -0.128. The molecule has 2 aromatic rings. The number of nitro groups is 1. The predicted molar refractivity (Wildman–Crippen MR) is 102 cm³/mol. The number of hydrogen-bond acceptors (Lipinski definition) is 5. The first-order valence-corrected chi connectivity index (χ1v) is 9.77. The number of hydrogen-bond donors (Lipinski definition) is 2. The minimum Gasteiger partial charge on any atom is -0.325 e. The van der Waals surface area contributed by atoms with Crippen molar-refractivity contribution in [3.8, 4) is 0 Å². The van der Waals surface area contributed by atoms with Gasteiger partial charge in [0.25, 0.3) is 5.69 Å². The summed E-state index contributed by atoms with van der Waals surface area (Å²) in [6.45, 7) is 3.23. The van der Waals surface area contributed by atoms with Crippen molar-refractivity contribution < 1.29 is 18.1 Å². The lowest BCUT2D eigenvalue weighted by Crippen LogP contribution is -2.28. The molecule has 27 heavy (non-hydrogen) atoms. The normalized spacial score (nSPS) is 11.2. The van der Waals surface area contributed by atoms with Crippen LogP contribution in [0.3, 0.4) is 0 Å². The van der Waals surface area contributed by atoms with E-state index in [0.29, 0.717) is 16.3 Å². The van der Waals surface area contributed by atoms with Gasteiger partial charge in [-0.15, -0.1) is 0 Å². The van der Waals surface area contributed by atoms with Crippen molar-refractivity contribution in [1.82, 2.24) is 4.72 Å². The Labute approximate surface area is 161 Å². The van der Waals surface area contributed by atoms with Gasteiger partial charge in [0.05, 0.1) is 20.5 Å². The molecule has 0 saturated carbocycles. The summed E-state index contributed by atoms with van der Waals surface area (Å²) in [5.41, 5.74) is 1.42. The largest absolute Gasteiger partial charge is 0.325 e. The molecule has 0 bridgehead atoms. The van der Waals surface area contributed by atoms with E-state index >= 15 is 0 Å². The number of carbonyl (C=O) groups is 1. The Balaban J connectivity index is 2.00. The zero-order chi connectivity index (χ0) is 20.2. The highest BCUT2D eigenvalue weighted by atomic mass is 35.5. The molecule has 0 atom stereocenters. The topological polar surface area (TPSA) is 118 Å². The molecule has 0 aliphatic heterocycles. The number of nitrogens with zero attached hydrogens (tertiary/aromatic N) is 1. The summed E-state index contributed by atoms with van der Waals surface area (Å²) in [5.74, 6) is -0.417. The highest BCUT2D eigenvalue weighted by molar-refractivity contribution is 7.89. The van der Waals surface area contributed by atoms with Crippen molar-refractivity contribution in [3.05, 3.63) is 62.7 Å². The molecule has 2 N–H and O–H groups in total. The summed E-state index contributed by atoms with van der Waals surface area (Å²) in [7, 11) is -3.99. The lowest BCUT2D eigenvalue weighted by Gasteiger charge is -2.10. The molecule has 0 fully saturated rings. The zero-order valence-corrected chi connectivity index (χ0v) is 16.2. The van der Waals surface area contributed by atoms with Gasteiger partial charge in [0.15, 0.2) is 0 Å². The van der Waals surface area contributed by atoms with Crippen molar-refractivity contribution in [2.75, 3.05) is 11.9 Å². The van der Waals surface area contributed by atoms with Crippen LogP contribution >= 0.6 is 11.6 Å². The average Bonchev–Trinajstić information content (AvgIpc) is 2.57. The monoisotopic (exact) mass is 411 g/mol. The molecule has 0 unspecified atom stereocenters. The molecule has 0 saturated heterocycles. The Morgan fingerprint density at radius 2 is 1.89 bits per heavy atom. The van der Waals surface area contributed by atoms with Crippen LogP contribution in [0.1, 0.15) is 17.5 Å². The molecule has 0 spiro atoms. The second-order valence-corrected chi connectivity index (χ2v) is 8.03. The van der Waals surface area contributed by atoms with Crippen molar-refractivity contribution in [2.24, 2.45) is 0 Å². The van der Waals surface area contributed by atoms with E-state index in [2.05, 4.69) is 10.0 Å². The second kappa shape index (κ2) is 8.47. The van der Waals surface area contributed by atoms with E-state index in [1.807, 2.05) is 6.92 Å². The highest BCUT2D eigenvalue weighted by Gasteiger charge is 2.20. The number of nitrogens with one attached hydrogen (secondary N) is 2. The first kappa shape index (κ1) is 20.8. The van der Waals surface area contributed by atoms with Crippen molar-refractivity contribution in [2.45, 2.75) is 25.2 Å². The van der Waals surface area contributed by atoms with Gasteiger partial charge >= 0.3 is 0 Å². The number of aryl methyl sites for hydroxylation is 2. The number of sulfonamides is 1. The van der Waals surface area contributed by atoms with Crippen LogP contribution in [-0.2, 0) is 14.8 Å². The molecule has 8 nitrogen and oxygen atoms in total. The molecule has 144 valence electrons. The summed E-state index contributed by atoms with van der Waals surface area (Å²) in [6, 6.07) is 8.72. The smallest absolute Gasteiger partial charge is 0.270 e. The third kappa shape index (κ3) is 5.49. The summed E-state index contributed by atoms with van der Waals surface area (Å²) in [4.78, 5) is 22.0. The number of halogens is 1. The molecule has 2 rings (SSSR count). The van der Waals surface area contributed by atoms with Gasteiger partial charge in [-0.1, -0.05) is 23.7 Å². The Hall–Kier alpha value is -2.49. The van der Waals surface area contributed by atoms with Gasteiger partial charge in [-0.25, -0.2) is 13.1 Å². The van der Waals surface area contributed by atoms with Crippen LogP contribution in [0.25, 0.3) is 0 Å². The van der Waals surface area contributed by atoms with E-state index in [9.17, 15) is 23.3 Å². The van der Waals surface area contributed by atoms with Crippen LogP contribution < -0.4 is 10.0 Å². The van der Waals surface area contributed by atoms with Gasteiger partial charge in [-0.3, -0.25) is 14.9 Å². The van der Waals surface area contributed by atoms with Crippen LogP contribution in [0, 0.1) is 24.0 Å². The van der Waals surface area contributed by atoms with E-state index in [1.54, 1.807) is 18.2 Å². The van der Waals surface area contributed by atoms with Crippen LogP contribution in [0.15, 0.2) is 41.3 Å². The van der Waals surface area contributed by atoms with E-state index in [-0.39, 0.29) is 23.5 Å². The number of anilines is 1.